The van der Waals surface area contributed by atoms with Crippen LogP contribution in [0.1, 0.15) is 21.6 Å². The van der Waals surface area contributed by atoms with Crippen molar-refractivity contribution in [3.8, 4) is 5.88 Å². The van der Waals surface area contributed by atoms with E-state index in [1.165, 1.54) is 7.11 Å². The van der Waals surface area contributed by atoms with E-state index in [2.05, 4.69) is 10.3 Å². The number of fused-ring (bicyclic) bond motifs is 1. The van der Waals surface area contributed by atoms with Gasteiger partial charge >= 0.3 is 0 Å². The highest BCUT2D eigenvalue weighted by Gasteiger charge is 2.27. The molecular formula is C9H11N3O2. The second-order valence-electron chi connectivity index (χ2n) is 3.16. The number of carbonyl (C=O) groups is 1. The number of methoxy groups -OCH3 is 1. The van der Waals surface area contributed by atoms with Gasteiger partial charge in [0.25, 0.3) is 5.91 Å². The number of anilines is 1. The van der Waals surface area contributed by atoms with Crippen molar-refractivity contribution in [2.45, 2.75) is 13.5 Å². The summed E-state index contributed by atoms with van der Waals surface area (Å²) in [6.07, 6.45) is 0. The molecule has 2 heterocycles. The minimum Gasteiger partial charge on any atom is -0.481 e. The molecule has 0 unspecified atom stereocenters. The molecule has 1 amide bonds. The molecule has 0 spiro atoms. The average molecular weight is 193 g/mol. The van der Waals surface area contributed by atoms with Crippen molar-refractivity contribution in [2.75, 3.05) is 12.8 Å². The lowest BCUT2D eigenvalue weighted by Crippen LogP contribution is -2.14. The number of aromatic nitrogens is 1. The van der Waals surface area contributed by atoms with Crippen molar-refractivity contribution in [2.24, 2.45) is 0 Å². The summed E-state index contributed by atoms with van der Waals surface area (Å²) >= 11 is 0. The van der Waals surface area contributed by atoms with Crippen molar-refractivity contribution < 1.29 is 9.53 Å². The smallest absolute Gasteiger partial charge is 0.254 e. The van der Waals surface area contributed by atoms with Gasteiger partial charge in [0.2, 0.25) is 5.88 Å². The number of nitrogens with zero attached hydrogens (tertiary/aromatic N) is 1. The molecule has 74 valence electrons. The van der Waals surface area contributed by atoms with E-state index in [0.717, 1.165) is 5.56 Å². The fraction of sp³-hybridized carbons (Fsp3) is 0.333. The maximum absolute atomic E-state index is 11.4. The monoisotopic (exact) mass is 193 g/mol. The maximum atomic E-state index is 11.4. The highest BCUT2D eigenvalue weighted by Crippen LogP contribution is 2.30. The topological polar surface area (TPSA) is 77.2 Å². The number of carbonyl (C=O) groups excluding carboxylic acids is 1. The van der Waals surface area contributed by atoms with Crippen LogP contribution in [-0.2, 0) is 6.54 Å². The lowest BCUT2D eigenvalue weighted by Gasteiger charge is -2.08. The van der Waals surface area contributed by atoms with E-state index in [-0.39, 0.29) is 5.91 Å². The quantitative estimate of drug-likeness (QED) is 0.669. The zero-order chi connectivity index (χ0) is 10.3. The van der Waals surface area contributed by atoms with Gasteiger partial charge < -0.3 is 15.8 Å². The molecule has 1 aliphatic rings. The van der Waals surface area contributed by atoms with E-state index < -0.39 is 0 Å². The number of hydrogen-bond donors (Lipinski definition) is 2. The van der Waals surface area contributed by atoms with Gasteiger partial charge in [0.05, 0.1) is 24.1 Å². The zero-order valence-electron chi connectivity index (χ0n) is 8.05. The summed E-state index contributed by atoms with van der Waals surface area (Å²) in [5, 5.41) is 2.69. The molecule has 0 saturated carbocycles. The third-order valence-electron chi connectivity index (χ3n) is 2.33. The molecule has 1 aromatic heterocycles. The summed E-state index contributed by atoms with van der Waals surface area (Å²) in [5.74, 6) is 0.325. The van der Waals surface area contributed by atoms with E-state index >= 15 is 0 Å². The molecule has 0 saturated heterocycles. The fourth-order valence-corrected chi connectivity index (χ4v) is 1.58. The van der Waals surface area contributed by atoms with Crippen molar-refractivity contribution in [3.63, 3.8) is 0 Å². The maximum Gasteiger partial charge on any atom is 0.254 e. The van der Waals surface area contributed by atoms with Gasteiger partial charge in [-0.1, -0.05) is 0 Å². The molecule has 3 N–H and O–H groups in total. The molecule has 0 aromatic carbocycles. The van der Waals surface area contributed by atoms with Crippen molar-refractivity contribution in [1.29, 1.82) is 0 Å². The molecule has 0 bridgehead atoms. The van der Waals surface area contributed by atoms with Crippen molar-refractivity contribution >= 4 is 11.6 Å². The fourth-order valence-electron chi connectivity index (χ4n) is 1.58. The number of rotatable bonds is 1. The van der Waals surface area contributed by atoms with Gasteiger partial charge in [0.15, 0.2) is 0 Å². The van der Waals surface area contributed by atoms with Gasteiger partial charge in [-0.2, -0.15) is 0 Å². The second kappa shape index (κ2) is 2.87. The van der Waals surface area contributed by atoms with E-state index in [4.69, 9.17) is 10.5 Å². The molecule has 1 aliphatic heterocycles. The summed E-state index contributed by atoms with van der Waals surface area (Å²) in [6, 6.07) is 0. The third kappa shape index (κ3) is 1.02. The van der Waals surface area contributed by atoms with Gasteiger partial charge in [-0.25, -0.2) is 4.98 Å². The van der Waals surface area contributed by atoms with Crippen LogP contribution >= 0.6 is 0 Å². The second-order valence-corrected chi connectivity index (χ2v) is 3.16. The normalized spacial score (nSPS) is 13.7. The summed E-state index contributed by atoms with van der Waals surface area (Å²) in [7, 11) is 1.53. The first-order valence-electron chi connectivity index (χ1n) is 4.26. The molecule has 1 aromatic rings. The Bertz CT molecular complexity index is 415. The Morgan fingerprint density at radius 2 is 2.29 bits per heavy atom. The van der Waals surface area contributed by atoms with Crippen LogP contribution in [0.25, 0.3) is 0 Å². The van der Waals surface area contributed by atoms with Crippen molar-refractivity contribution in [1.82, 2.24) is 10.3 Å². The van der Waals surface area contributed by atoms with E-state index in [9.17, 15) is 4.79 Å². The number of nitrogens with one attached hydrogen (secondary N) is 1. The molecule has 0 radical (unpaired) electrons. The minimum absolute atomic E-state index is 0.152. The van der Waals surface area contributed by atoms with Crippen LogP contribution in [-0.4, -0.2) is 18.0 Å². The highest BCUT2D eigenvalue weighted by molar-refractivity contribution is 6.03. The molecule has 2 rings (SSSR count). The number of amides is 1. The first-order chi connectivity index (χ1) is 6.65. The first-order valence-corrected chi connectivity index (χ1v) is 4.26. The Kier molecular flexibility index (Phi) is 1.80. The van der Waals surface area contributed by atoms with Crippen molar-refractivity contribution in [3.05, 3.63) is 16.8 Å². The van der Waals surface area contributed by atoms with Crippen LogP contribution in [0.15, 0.2) is 0 Å². The van der Waals surface area contributed by atoms with Gasteiger partial charge in [0, 0.05) is 12.1 Å². The van der Waals surface area contributed by atoms with E-state index in [1.807, 2.05) is 0 Å². The largest absolute Gasteiger partial charge is 0.481 e. The van der Waals surface area contributed by atoms with E-state index in [0.29, 0.717) is 29.4 Å². The number of aryl methyl sites for hydroxylation is 1. The molecule has 0 aliphatic carbocycles. The standard InChI is InChI=1S/C9H11N3O2/c1-4-7(10)6-5(3-11-8(6)13)9(12-4)14-2/h3,10H2,1-2H3,(H,11,13). The van der Waals surface area contributed by atoms with Crippen LogP contribution in [0, 0.1) is 6.92 Å². The molecule has 14 heavy (non-hydrogen) atoms. The SMILES string of the molecule is COc1nc(C)c(N)c2c1CNC2=O. The Morgan fingerprint density at radius 3 is 2.93 bits per heavy atom. The van der Waals surface area contributed by atoms with Crippen LogP contribution in [0.3, 0.4) is 0 Å². The Labute approximate surface area is 81.3 Å². The molecule has 5 nitrogen and oxygen atoms in total. The lowest BCUT2D eigenvalue weighted by atomic mass is 10.1. The first kappa shape index (κ1) is 8.80. The van der Waals surface area contributed by atoms with Gasteiger partial charge in [0.1, 0.15) is 0 Å². The Balaban J connectivity index is 2.72. The third-order valence-corrected chi connectivity index (χ3v) is 2.33. The zero-order valence-corrected chi connectivity index (χ0v) is 8.05. The lowest BCUT2D eigenvalue weighted by molar-refractivity contribution is 0.0966. The predicted molar refractivity (Wildman–Crippen MR) is 51.1 cm³/mol. The van der Waals surface area contributed by atoms with Crippen LogP contribution < -0.4 is 15.8 Å². The number of ether oxygens (including phenoxy) is 1. The number of pyridine rings is 1. The average Bonchev–Trinajstić information content (AvgIpc) is 2.54. The summed E-state index contributed by atoms with van der Waals surface area (Å²) in [6.45, 7) is 2.19. The van der Waals surface area contributed by atoms with Crippen LogP contribution in [0.5, 0.6) is 5.88 Å². The van der Waals surface area contributed by atoms with E-state index in [1.54, 1.807) is 6.92 Å². The van der Waals surface area contributed by atoms with Crippen LogP contribution in [0.2, 0.25) is 0 Å². The molecule has 0 atom stereocenters. The minimum atomic E-state index is -0.152. The highest BCUT2D eigenvalue weighted by atomic mass is 16.5. The Hall–Kier alpha value is -1.78. The Morgan fingerprint density at radius 1 is 1.57 bits per heavy atom. The summed E-state index contributed by atoms with van der Waals surface area (Å²) in [4.78, 5) is 15.6. The molecular weight excluding hydrogens is 182 g/mol. The molecule has 5 heteroatoms. The summed E-state index contributed by atoms with van der Waals surface area (Å²) < 4.78 is 5.08. The van der Waals surface area contributed by atoms with Gasteiger partial charge in [-0.05, 0) is 6.92 Å². The number of hydrogen-bond acceptors (Lipinski definition) is 4. The van der Waals surface area contributed by atoms with Crippen LogP contribution in [0.4, 0.5) is 5.69 Å². The molecule has 0 fully saturated rings. The number of nitrogen functional groups attached to an aromatic ring is 1. The van der Waals surface area contributed by atoms with Gasteiger partial charge in [-0.3, -0.25) is 4.79 Å². The predicted octanol–water partition coefficient (Wildman–Crippen LogP) is 0.224. The summed E-state index contributed by atoms with van der Waals surface area (Å²) in [5.41, 5.74) is 8.09. The van der Waals surface area contributed by atoms with Gasteiger partial charge in [-0.15, -0.1) is 0 Å². The number of nitrogens with two attached hydrogens (primary N) is 1.